The van der Waals surface area contributed by atoms with Gasteiger partial charge in [-0.05, 0) is 13.8 Å². The number of aliphatic carboxylic acids is 1. The van der Waals surface area contributed by atoms with Gasteiger partial charge in [0, 0.05) is 19.6 Å². The van der Waals surface area contributed by atoms with Crippen molar-refractivity contribution in [2.24, 2.45) is 0 Å². The largest absolute Gasteiger partial charge is 0.480 e. The molecular formula is C9H16N2O4. The molecule has 1 rings (SSSR count). The van der Waals surface area contributed by atoms with E-state index < -0.39 is 18.1 Å². The first-order valence-electron chi connectivity index (χ1n) is 4.93. The lowest BCUT2D eigenvalue weighted by atomic mass is 10.2. The average molecular weight is 216 g/mol. The predicted molar refractivity (Wildman–Crippen MR) is 52.6 cm³/mol. The van der Waals surface area contributed by atoms with E-state index in [0.717, 1.165) is 0 Å². The van der Waals surface area contributed by atoms with Gasteiger partial charge in [-0.2, -0.15) is 0 Å². The molecule has 0 aromatic rings. The molecule has 6 nitrogen and oxygen atoms in total. The molecule has 0 spiro atoms. The summed E-state index contributed by atoms with van der Waals surface area (Å²) in [7, 11) is 0. The van der Waals surface area contributed by atoms with Crippen LogP contribution in [0.3, 0.4) is 0 Å². The Morgan fingerprint density at radius 2 is 2.20 bits per heavy atom. The van der Waals surface area contributed by atoms with Gasteiger partial charge in [-0.1, -0.05) is 0 Å². The van der Waals surface area contributed by atoms with Crippen LogP contribution in [-0.4, -0.2) is 53.8 Å². The third-order valence-electron chi connectivity index (χ3n) is 2.10. The predicted octanol–water partition coefficient (Wildman–Crippen LogP) is -0.110. The number of nitrogens with zero attached hydrogens (tertiary/aromatic N) is 1. The number of carbonyl (C=O) groups excluding carboxylic acids is 1. The van der Waals surface area contributed by atoms with E-state index in [-0.39, 0.29) is 12.6 Å². The van der Waals surface area contributed by atoms with Gasteiger partial charge in [0.1, 0.15) is 6.04 Å². The molecule has 0 unspecified atom stereocenters. The summed E-state index contributed by atoms with van der Waals surface area (Å²) < 4.78 is 4.97. The van der Waals surface area contributed by atoms with Crippen molar-refractivity contribution < 1.29 is 19.4 Å². The summed E-state index contributed by atoms with van der Waals surface area (Å²) in [5.41, 5.74) is 0. The molecule has 1 aliphatic rings. The quantitative estimate of drug-likeness (QED) is 0.673. The lowest BCUT2D eigenvalue weighted by molar-refractivity contribution is -0.143. The monoisotopic (exact) mass is 216 g/mol. The smallest absolute Gasteiger partial charge is 0.410 e. The Labute approximate surface area is 88.2 Å². The van der Waals surface area contributed by atoms with Crippen molar-refractivity contribution in [3.63, 3.8) is 0 Å². The van der Waals surface area contributed by atoms with Crippen molar-refractivity contribution in [1.82, 2.24) is 10.2 Å². The van der Waals surface area contributed by atoms with Gasteiger partial charge in [0.25, 0.3) is 0 Å². The van der Waals surface area contributed by atoms with Crippen LogP contribution in [0, 0.1) is 0 Å². The van der Waals surface area contributed by atoms with Crippen LogP contribution >= 0.6 is 0 Å². The summed E-state index contributed by atoms with van der Waals surface area (Å²) in [5.74, 6) is -1.01. The molecule has 15 heavy (non-hydrogen) atoms. The number of amides is 1. The molecule has 1 aliphatic heterocycles. The lowest BCUT2D eigenvalue weighted by Gasteiger charge is -2.33. The third-order valence-corrected chi connectivity index (χ3v) is 2.10. The Morgan fingerprint density at radius 1 is 1.53 bits per heavy atom. The number of carbonyl (C=O) groups is 2. The Kier molecular flexibility index (Phi) is 3.90. The van der Waals surface area contributed by atoms with E-state index in [1.54, 1.807) is 13.8 Å². The number of nitrogens with one attached hydrogen (secondary N) is 1. The fraction of sp³-hybridized carbons (Fsp3) is 0.778. The fourth-order valence-electron chi connectivity index (χ4n) is 1.41. The van der Waals surface area contributed by atoms with Gasteiger partial charge in [0.15, 0.2) is 0 Å². The second kappa shape index (κ2) is 4.97. The Bertz CT molecular complexity index is 254. The molecule has 6 heteroatoms. The summed E-state index contributed by atoms with van der Waals surface area (Å²) in [5, 5.41) is 11.8. The van der Waals surface area contributed by atoms with Crippen LogP contribution in [0.25, 0.3) is 0 Å². The number of rotatable bonds is 2. The minimum absolute atomic E-state index is 0.234. The van der Waals surface area contributed by atoms with Gasteiger partial charge in [0.05, 0.1) is 6.10 Å². The molecule has 0 aromatic carbocycles. The maximum Gasteiger partial charge on any atom is 0.410 e. The molecule has 1 amide bonds. The van der Waals surface area contributed by atoms with E-state index in [1.165, 1.54) is 4.90 Å². The number of ether oxygens (including phenoxy) is 1. The van der Waals surface area contributed by atoms with Crippen LogP contribution in [0.4, 0.5) is 4.79 Å². The normalized spacial score (nSPS) is 21.5. The molecular weight excluding hydrogens is 200 g/mol. The third kappa shape index (κ3) is 3.09. The molecule has 0 saturated carbocycles. The summed E-state index contributed by atoms with van der Waals surface area (Å²) >= 11 is 0. The van der Waals surface area contributed by atoms with Crippen LogP contribution in [0.15, 0.2) is 0 Å². The van der Waals surface area contributed by atoms with Crippen LogP contribution in [-0.2, 0) is 9.53 Å². The van der Waals surface area contributed by atoms with Crippen molar-refractivity contribution in [3.05, 3.63) is 0 Å². The van der Waals surface area contributed by atoms with E-state index in [2.05, 4.69) is 5.32 Å². The second-order valence-electron chi connectivity index (χ2n) is 3.68. The van der Waals surface area contributed by atoms with Gasteiger partial charge < -0.3 is 15.2 Å². The van der Waals surface area contributed by atoms with Crippen molar-refractivity contribution in [1.29, 1.82) is 0 Å². The molecule has 1 atom stereocenters. The summed E-state index contributed by atoms with van der Waals surface area (Å²) in [6, 6.07) is -0.829. The van der Waals surface area contributed by atoms with Crippen molar-refractivity contribution in [2.45, 2.75) is 26.0 Å². The van der Waals surface area contributed by atoms with E-state index in [4.69, 9.17) is 9.84 Å². The number of carboxylic acids is 1. The number of hydrogen-bond acceptors (Lipinski definition) is 4. The molecule has 1 saturated heterocycles. The Balaban J connectivity index is 2.63. The molecule has 1 fully saturated rings. The standard InChI is InChI=1S/C9H16N2O4/c1-6(2)15-9(14)11-4-3-10-5-7(11)8(12)13/h6-7,10H,3-5H2,1-2H3,(H,12,13)/t7-/m1/s1. The zero-order valence-electron chi connectivity index (χ0n) is 8.90. The zero-order chi connectivity index (χ0) is 11.4. The highest BCUT2D eigenvalue weighted by molar-refractivity contribution is 5.80. The molecule has 0 aromatic heterocycles. The Hall–Kier alpha value is -1.30. The van der Waals surface area contributed by atoms with Gasteiger partial charge in [-0.15, -0.1) is 0 Å². The van der Waals surface area contributed by atoms with Gasteiger partial charge >= 0.3 is 12.1 Å². The van der Waals surface area contributed by atoms with Crippen molar-refractivity contribution in [2.75, 3.05) is 19.6 Å². The topological polar surface area (TPSA) is 78.9 Å². The second-order valence-corrected chi connectivity index (χ2v) is 3.68. The summed E-state index contributed by atoms with van der Waals surface area (Å²) in [4.78, 5) is 23.7. The first kappa shape index (κ1) is 11.8. The van der Waals surface area contributed by atoms with Crippen LogP contribution in [0.5, 0.6) is 0 Å². The van der Waals surface area contributed by atoms with Crippen molar-refractivity contribution in [3.8, 4) is 0 Å². The highest BCUT2D eigenvalue weighted by Gasteiger charge is 2.33. The van der Waals surface area contributed by atoms with Crippen molar-refractivity contribution >= 4 is 12.1 Å². The maximum absolute atomic E-state index is 11.5. The highest BCUT2D eigenvalue weighted by Crippen LogP contribution is 2.07. The van der Waals surface area contributed by atoms with E-state index in [1.807, 2.05) is 0 Å². The SMILES string of the molecule is CC(C)OC(=O)N1CCNC[C@@H]1C(=O)O. The number of piperazine rings is 1. The molecule has 2 N–H and O–H groups in total. The molecule has 0 bridgehead atoms. The Morgan fingerprint density at radius 3 is 2.73 bits per heavy atom. The minimum Gasteiger partial charge on any atom is -0.480 e. The van der Waals surface area contributed by atoms with Crippen LogP contribution in [0.2, 0.25) is 0 Å². The summed E-state index contributed by atoms with van der Waals surface area (Å²) in [6.45, 7) is 4.69. The highest BCUT2D eigenvalue weighted by atomic mass is 16.6. The molecule has 1 heterocycles. The van der Waals surface area contributed by atoms with E-state index >= 15 is 0 Å². The first-order chi connectivity index (χ1) is 7.02. The van der Waals surface area contributed by atoms with Gasteiger partial charge in [0.2, 0.25) is 0 Å². The molecule has 0 radical (unpaired) electrons. The molecule has 0 aliphatic carbocycles. The zero-order valence-corrected chi connectivity index (χ0v) is 8.90. The van der Waals surface area contributed by atoms with Gasteiger partial charge in [-0.25, -0.2) is 9.59 Å². The summed E-state index contributed by atoms with van der Waals surface area (Å²) in [6.07, 6.45) is -0.791. The average Bonchev–Trinajstić information content (AvgIpc) is 2.16. The fourth-order valence-corrected chi connectivity index (χ4v) is 1.41. The first-order valence-corrected chi connectivity index (χ1v) is 4.93. The number of carboxylic acid groups (broad SMARTS) is 1. The maximum atomic E-state index is 11.5. The van der Waals surface area contributed by atoms with E-state index in [9.17, 15) is 9.59 Å². The van der Waals surface area contributed by atoms with Gasteiger partial charge in [-0.3, -0.25) is 4.90 Å². The van der Waals surface area contributed by atoms with Crippen LogP contribution < -0.4 is 5.32 Å². The van der Waals surface area contributed by atoms with E-state index in [0.29, 0.717) is 13.1 Å². The van der Waals surface area contributed by atoms with Crippen LogP contribution in [0.1, 0.15) is 13.8 Å². The number of hydrogen-bond donors (Lipinski definition) is 2. The minimum atomic E-state index is -1.01. The lowest BCUT2D eigenvalue weighted by Crippen LogP contribution is -2.57. The molecule has 86 valence electrons.